The van der Waals surface area contributed by atoms with Crippen molar-refractivity contribution in [1.82, 2.24) is 5.32 Å². The van der Waals surface area contributed by atoms with Crippen LogP contribution in [0.1, 0.15) is 10.4 Å². The van der Waals surface area contributed by atoms with Gasteiger partial charge in [0.1, 0.15) is 23.9 Å². The van der Waals surface area contributed by atoms with Crippen molar-refractivity contribution >= 4 is 11.6 Å². The van der Waals surface area contributed by atoms with Gasteiger partial charge in [-0.15, -0.1) is 0 Å². The third-order valence-electron chi connectivity index (χ3n) is 2.74. The molecule has 0 aliphatic rings. The monoisotopic (exact) mass is 288 g/mol. The largest absolute Gasteiger partial charge is 0.508 e. The lowest BCUT2D eigenvalue weighted by Crippen LogP contribution is -2.28. The average molecular weight is 288 g/mol. The smallest absolute Gasteiger partial charge is 0.255 e. The summed E-state index contributed by atoms with van der Waals surface area (Å²) in [7, 11) is 0. The first-order chi connectivity index (χ1) is 10.1. The lowest BCUT2D eigenvalue weighted by molar-refractivity contribution is 0.0944. The number of nitrogens with two attached hydrogens (primary N) is 1. The van der Waals surface area contributed by atoms with Crippen LogP contribution in [0.2, 0.25) is 0 Å². The van der Waals surface area contributed by atoms with Gasteiger partial charge in [-0.1, -0.05) is 6.07 Å². The minimum Gasteiger partial charge on any atom is -0.508 e. The van der Waals surface area contributed by atoms with Gasteiger partial charge in [-0.3, -0.25) is 4.79 Å². The summed E-state index contributed by atoms with van der Waals surface area (Å²) in [5.74, 6) is -0.196. The van der Waals surface area contributed by atoms with Gasteiger partial charge in [0, 0.05) is 17.8 Å². The molecule has 0 aliphatic carbocycles. The summed E-state index contributed by atoms with van der Waals surface area (Å²) in [6.45, 7) is 0.544. The Morgan fingerprint density at radius 3 is 2.71 bits per heavy atom. The first kappa shape index (κ1) is 14.5. The first-order valence-electron chi connectivity index (χ1n) is 6.35. The van der Waals surface area contributed by atoms with E-state index in [4.69, 9.17) is 15.6 Å². The van der Waals surface area contributed by atoms with E-state index >= 15 is 0 Å². The van der Waals surface area contributed by atoms with Gasteiger partial charge < -0.3 is 26.0 Å². The number of nitrogen functional groups attached to an aromatic ring is 1. The van der Waals surface area contributed by atoms with E-state index in [0.29, 0.717) is 11.4 Å². The van der Waals surface area contributed by atoms with Crippen molar-refractivity contribution < 1.29 is 19.7 Å². The predicted octanol–water partition coefficient (Wildman–Crippen LogP) is 1.49. The zero-order valence-electron chi connectivity index (χ0n) is 11.2. The molecule has 0 aliphatic heterocycles. The highest BCUT2D eigenvalue weighted by Gasteiger charge is 2.10. The molecule has 0 atom stereocenters. The molecule has 0 spiro atoms. The molecule has 6 heteroatoms. The fourth-order valence-electron chi connectivity index (χ4n) is 1.75. The third-order valence-corrected chi connectivity index (χ3v) is 2.74. The molecule has 6 nitrogen and oxygen atoms in total. The standard InChI is InChI=1S/C15H16N2O4/c16-10-2-1-3-12(8-10)21-7-6-17-15(20)13-5-4-11(18)9-14(13)19/h1-5,8-9,18-19H,6-7,16H2,(H,17,20). The van der Waals surface area contributed by atoms with Crippen LogP contribution >= 0.6 is 0 Å². The maximum absolute atomic E-state index is 11.8. The predicted molar refractivity (Wildman–Crippen MR) is 78.5 cm³/mol. The van der Waals surface area contributed by atoms with Crippen molar-refractivity contribution in [3.63, 3.8) is 0 Å². The second-order valence-corrected chi connectivity index (χ2v) is 4.38. The molecule has 2 aromatic carbocycles. The van der Waals surface area contributed by atoms with Gasteiger partial charge in [0.2, 0.25) is 0 Å². The van der Waals surface area contributed by atoms with Crippen molar-refractivity contribution in [2.75, 3.05) is 18.9 Å². The number of anilines is 1. The van der Waals surface area contributed by atoms with Crippen LogP contribution in [0.5, 0.6) is 17.2 Å². The molecule has 0 saturated carbocycles. The Labute approximate surface area is 121 Å². The van der Waals surface area contributed by atoms with E-state index in [9.17, 15) is 9.90 Å². The number of hydrogen-bond acceptors (Lipinski definition) is 5. The average Bonchev–Trinajstić information content (AvgIpc) is 2.43. The summed E-state index contributed by atoms with van der Waals surface area (Å²) in [6.07, 6.45) is 0. The van der Waals surface area contributed by atoms with Gasteiger partial charge in [-0.05, 0) is 24.3 Å². The van der Waals surface area contributed by atoms with Crippen LogP contribution in [0.4, 0.5) is 5.69 Å². The first-order valence-corrected chi connectivity index (χ1v) is 6.35. The number of nitrogens with one attached hydrogen (secondary N) is 1. The number of ether oxygens (including phenoxy) is 1. The fourth-order valence-corrected chi connectivity index (χ4v) is 1.75. The van der Waals surface area contributed by atoms with Gasteiger partial charge >= 0.3 is 0 Å². The highest BCUT2D eigenvalue weighted by molar-refractivity contribution is 5.96. The summed E-state index contributed by atoms with van der Waals surface area (Å²) in [6, 6.07) is 10.8. The molecule has 0 radical (unpaired) electrons. The van der Waals surface area contributed by atoms with E-state index in [2.05, 4.69) is 5.32 Å². The quantitative estimate of drug-likeness (QED) is 0.493. The van der Waals surface area contributed by atoms with E-state index in [1.54, 1.807) is 24.3 Å². The van der Waals surface area contributed by atoms with E-state index in [1.807, 2.05) is 0 Å². The number of phenols is 2. The molecule has 0 saturated heterocycles. The van der Waals surface area contributed by atoms with Crippen molar-refractivity contribution in [3.8, 4) is 17.2 Å². The van der Waals surface area contributed by atoms with E-state index in [-0.39, 0.29) is 30.2 Å². The molecule has 0 aromatic heterocycles. The number of amides is 1. The van der Waals surface area contributed by atoms with Crippen LogP contribution in [-0.4, -0.2) is 29.3 Å². The number of carbonyl (C=O) groups is 1. The molecule has 0 bridgehead atoms. The molecule has 21 heavy (non-hydrogen) atoms. The number of rotatable bonds is 5. The number of aromatic hydroxyl groups is 2. The van der Waals surface area contributed by atoms with Crippen LogP contribution < -0.4 is 15.8 Å². The molecular formula is C15H16N2O4. The van der Waals surface area contributed by atoms with Crippen molar-refractivity contribution in [1.29, 1.82) is 0 Å². The maximum Gasteiger partial charge on any atom is 0.255 e. The zero-order chi connectivity index (χ0) is 15.2. The van der Waals surface area contributed by atoms with E-state index in [0.717, 1.165) is 6.07 Å². The summed E-state index contributed by atoms with van der Waals surface area (Å²) in [5, 5.41) is 21.3. The number of phenolic OH excluding ortho intramolecular Hbond substituents is 2. The molecule has 0 unspecified atom stereocenters. The molecule has 0 heterocycles. The van der Waals surface area contributed by atoms with Crippen LogP contribution in [0.3, 0.4) is 0 Å². The maximum atomic E-state index is 11.8. The second-order valence-electron chi connectivity index (χ2n) is 4.38. The Morgan fingerprint density at radius 1 is 1.19 bits per heavy atom. The number of benzene rings is 2. The Morgan fingerprint density at radius 2 is 2.00 bits per heavy atom. The highest BCUT2D eigenvalue weighted by Crippen LogP contribution is 2.22. The van der Waals surface area contributed by atoms with Crippen molar-refractivity contribution in [3.05, 3.63) is 48.0 Å². The summed E-state index contributed by atoms with van der Waals surface area (Å²) < 4.78 is 5.43. The topological polar surface area (TPSA) is 105 Å². The summed E-state index contributed by atoms with van der Waals surface area (Å²) in [5.41, 5.74) is 6.31. The van der Waals surface area contributed by atoms with E-state index < -0.39 is 5.91 Å². The molecule has 1 amide bonds. The highest BCUT2D eigenvalue weighted by atomic mass is 16.5. The minimum absolute atomic E-state index is 0.0942. The number of carbonyl (C=O) groups excluding carboxylic acids is 1. The minimum atomic E-state index is -0.441. The van der Waals surface area contributed by atoms with Crippen LogP contribution in [0.15, 0.2) is 42.5 Å². The van der Waals surface area contributed by atoms with Gasteiger partial charge in [0.25, 0.3) is 5.91 Å². The third kappa shape index (κ3) is 4.04. The Hall–Kier alpha value is -2.89. The van der Waals surface area contributed by atoms with Gasteiger partial charge in [0.05, 0.1) is 12.1 Å². The molecule has 110 valence electrons. The summed E-state index contributed by atoms with van der Waals surface area (Å²) >= 11 is 0. The lowest BCUT2D eigenvalue weighted by atomic mass is 10.2. The van der Waals surface area contributed by atoms with Gasteiger partial charge in [-0.25, -0.2) is 0 Å². The van der Waals surface area contributed by atoms with Gasteiger partial charge in [0.15, 0.2) is 0 Å². The normalized spacial score (nSPS) is 10.1. The Balaban J connectivity index is 1.82. The molecule has 5 N–H and O–H groups in total. The number of hydrogen-bond donors (Lipinski definition) is 4. The molecule has 0 fully saturated rings. The fraction of sp³-hybridized carbons (Fsp3) is 0.133. The van der Waals surface area contributed by atoms with Crippen LogP contribution in [-0.2, 0) is 0 Å². The van der Waals surface area contributed by atoms with Crippen LogP contribution in [0.25, 0.3) is 0 Å². The van der Waals surface area contributed by atoms with Crippen molar-refractivity contribution in [2.45, 2.75) is 0 Å². The van der Waals surface area contributed by atoms with Crippen LogP contribution in [0, 0.1) is 0 Å². The summed E-state index contributed by atoms with van der Waals surface area (Å²) in [4.78, 5) is 11.8. The molecular weight excluding hydrogens is 272 g/mol. The lowest BCUT2D eigenvalue weighted by Gasteiger charge is -2.09. The van der Waals surface area contributed by atoms with E-state index in [1.165, 1.54) is 12.1 Å². The Bertz CT molecular complexity index is 643. The zero-order valence-corrected chi connectivity index (χ0v) is 11.2. The Kier molecular flexibility index (Phi) is 4.50. The van der Waals surface area contributed by atoms with Crippen molar-refractivity contribution in [2.24, 2.45) is 0 Å². The van der Waals surface area contributed by atoms with Gasteiger partial charge in [-0.2, -0.15) is 0 Å². The SMILES string of the molecule is Nc1cccc(OCCNC(=O)c2ccc(O)cc2O)c1. The molecule has 2 rings (SSSR count). The molecule has 2 aromatic rings. The second kappa shape index (κ2) is 6.51.